The van der Waals surface area contributed by atoms with E-state index in [2.05, 4.69) is 54.8 Å². The predicted octanol–water partition coefficient (Wildman–Crippen LogP) is 6.23. The van der Waals surface area contributed by atoms with Gasteiger partial charge in [0, 0.05) is 34.4 Å². The fraction of sp³-hybridized carbons (Fsp3) is 0.545. The number of carbonyl (C=O) groups is 1. The predicted molar refractivity (Wildman–Crippen MR) is 162 cm³/mol. The molecular formula is C33H49NO6. The second kappa shape index (κ2) is 16.4. The van der Waals surface area contributed by atoms with Crippen molar-refractivity contribution in [3.8, 4) is 5.75 Å². The minimum atomic E-state index is -0.174. The smallest absolute Gasteiger partial charge is 0.310 e. The minimum absolute atomic E-state index is 0.0278. The zero-order chi connectivity index (χ0) is 29.8. The van der Waals surface area contributed by atoms with Gasteiger partial charge in [-0.15, -0.1) is 0 Å². The first kappa shape index (κ1) is 33.3. The summed E-state index contributed by atoms with van der Waals surface area (Å²) in [6, 6.07) is 4.28. The zero-order valence-electron chi connectivity index (χ0n) is 26.2. The second-order valence-corrected chi connectivity index (χ2v) is 9.89. The minimum Gasteiger partial charge on any atom is -0.498 e. The fourth-order valence-corrected chi connectivity index (χ4v) is 5.25. The number of methoxy groups -OCH3 is 4. The van der Waals surface area contributed by atoms with Gasteiger partial charge in [0.2, 0.25) is 0 Å². The summed E-state index contributed by atoms with van der Waals surface area (Å²) in [7, 11) is 10.4. The summed E-state index contributed by atoms with van der Waals surface area (Å²) in [5, 5.41) is 0. The molecule has 0 saturated carbocycles. The molecule has 1 heterocycles. The molecule has 3 aliphatic rings. The topological polar surface area (TPSA) is 66.5 Å². The van der Waals surface area contributed by atoms with Crippen LogP contribution in [0.3, 0.4) is 0 Å². The number of allylic oxidation sites excluding steroid dienone is 5. The molecule has 2 atom stereocenters. The molecule has 40 heavy (non-hydrogen) atoms. The molecule has 0 aromatic heterocycles. The van der Waals surface area contributed by atoms with Gasteiger partial charge in [0.05, 0.1) is 20.6 Å². The molecule has 2 unspecified atom stereocenters. The van der Waals surface area contributed by atoms with E-state index in [0.717, 1.165) is 82.8 Å². The molecule has 1 saturated heterocycles. The van der Waals surface area contributed by atoms with E-state index in [1.54, 1.807) is 35.5 Å². The number of nitrogens with zero attached hydrogens (tertiary/aromatic N) is 1. The highest BCUT2D eigenvalue weighted by molar-refractivity contribution is 6.04. The molecule has 222 valence electrons. The largest absolute Gasteiger partial charge is 0.498 e. The Labute approximate surface area is 241 Å². The lowest BCUT2D eigenvalue weighted by Crippen LogP contribution is -2.22. The summed E-state index contributed by atoms with van der Waals surface area (Å²) in [5.41, 5.74) is 7.62. The highest BCUT2D eigenvalue weighted by Gasteiger charge is 2.30. The maximum Gasteiger partial charge on any atom is 0.310 e. The lowest BCUT2D eigenvalue weighted by Gasteiger charge is -2.21. The van der Waals surface area contributed by atoms with Gasteiger partial charge in [-0.2, -0.15) is 0 Å². The number of benzene rings is 1. The molecule has 0 radical (unpaired) electrons. The average molecular weight is 556 g/mol. The van der Waals surface area contributed by atoms with Crippen LogP contribution in [0.5, 0.6) is 5.75 Å². The van der Waals surface area contributed by atoms with Crippen molar-refractivity contribution in [2.75, 3.05) is 55.7 Å². The molecule has 1 aliphatic heterocycles. The van der Waals surface area contributed by atoms with Crippen LogP contribution in [0.2, 0.25) is 0 Å². The Morgan fingerprint density at radius 1 is 1.07 bits per heavy atom. The Hall–Kier alpha value is -2.87. The fourth-order valence-electron chi connectivity index (χ4n) is 5.25. The molecule has 0 amide bonds. The van der Waals surface area contributed by atoms with E-state index in [1.807, 2.05) is 19.9 Å². The number of ether oxygens (including phenoxy) is 5. The highest BCUT2D eigenvalue weighted by Crippen LogP contribution is 2.46. The van der Waals surface area contributed by atoms with Crippen LogP contribution in [-0.2, 0) is 30.2 Å². The number of likely N-dealkylation sites (tertiary alicyclic amines) is 1. The lowest BCUT2D eigenvalue weighted by atomic mass is 9.95. The van der Waals surface area contributed by atoms with Crippen LogP contribution in [0.4, 0.5) is 0 Å². The molecule has 0 bridgehead atoms. The van der Waals surface area contributed by atoms with E-state index in [9.17, 15) is 4.79 Å². The SMILES string of the molecule is CC.CCc1cc2c(cc1OC)C(CC(=O)OC1CCN(C)C1)=C(C)/C2=C/C1=CCC(OC)C(OC)=C1.COC. The molecule has 1 aromatic carbocycles. The first-order valence-electron chi connectivity index (χ1n) is 14.2. The van der Waals surface area contributed by atoms with E-state index in [0.29, 0.717) is 0 Å². The summed E-state index contributed by atoms with van der Waals surface area (Å²) >= 11 is 0. The normalized spacial score (nSPS) is 21.0. The van der Waals surface area contributed by atoms with Gasteiger partial charge < -0.3 is 28.6 Å². The number of likely N-dealkylation sites (N-methyl/N-ethyl adjacent to an activating group) is 1. The van der Waals surface area contributed by atoms with Crippen molar-refractivity contribution in [1.82, 2.24) is 4.90 Å². The number of carbonyl (C=O) groups excluding carboxylic acids is 1. The van der Waals surface area contributed by atoms with Crippen LogP contribution < -0.4 is 4.74 Å². The first-order valence-corrected chi connectivity index (χ1v) is 14.2. The number of hydrogen-bond donors (Lipinski definition) is 0. The number of esters is 1. The van der Waals surface area contributed by atoms with Crippen molar-refractivity contribution < 1.29 is 28.5 Å². The van der Waals surface area contributed by atoms with Crippen LogP contribution in [-0.4, -0.2) is 78.8 Å². The molecule has 7 heteroatoms. The van der Waals surface area contributed by atoms with E-state index >= 15 is 0 Å². The Morgan fingerprint density at radius 3 is 2.33 bits per heavy atom. The van der Waals surface area contributed by atoms with Crippen LogP contribution in [0.15, 0.2) is 47.3 Å². The van der Waals surface area contributed by atoms with Gasteiger partial charge in [-0.05, 0) is 96.5 Å². The third-order valence-corrected chi connectivity index (χ3v) is 7.27. The van der Waals surface area contributed by atoms with E-state index in [-0.39, 0.29) is 24.6 Å². The van der Waals surface area contributed by atoms with Gasteiger partial charge in [0.25, 0.3) is 0 Å². The summed E-state index contributed by atoms with van der Waals surface area (Å²) in [4.78, 5) is 15.2. The van der Waals surface area contributed by atoms with Crippen molar-refractivity contribution in [2.24, 2.45) is 0 Å². The number of fused-ring (bicyclic) bond motifs is 1. The van der Waals surface area contributed by atoms with Gasteiger partial charge in [-0.1, -0.05) is 26.8 Å². The van der Waals surface area contributed by atoms with E-state index in [4.69, 9.17) is 18.9 Å². The molecule has 1 aromatic rings. The van der Waals surface area contributed by atoms with Crippen molar-refractivity contribution in [2.45, 2.75) is 65.6 Å². The molecule has 4 rings (SSSR count). The molecule has 0 spiro atoms. The summed E-state index contributed by atoms with van der Waals surface area (Å²) in [6.45, 7) is 9.98. The van der Waals surface area contributed by atoms with Crippen LogP contribution in [0.1, 0.15) is 63.6 Å². The van der Waals surface area contributed by atoms with Gasteiger partial charge in [0.1, 0.15) is 23.7 Å². The van der Waals surface area contributed by atoms with Crippen LogP contribution in [0, 0.1) is 0 Å². The van der Waals surface area contributed by atoms with Gasteiger partial charge >= 0.3 is 5.97 Å². The number of aryl methyl sites for hydroxylation is 1. The van der Waals surface area contributed by atoms with Crippen molar-refractivity contribution >= 4 is 17.1 Å². The number of hydrogen-bond acceptors (Lipinski definition) is 7. The third kappa shape index (κ3) is 8.09. The van der Waals surface area contributed by atoms with Crippen molar-refractivity contribution in [3.05, 3.63) is 64.0 Å². The zero-order valence-corrected chi connectivity index (χ0v) is 26.2. The molecule has 1 fully saturated rings. The Bertz CT molecular complexity index is 1130. The lowest BCUT2D eigenvalue weighted by molar-refractivity contribution is -0.147. The van der Waals surface area contributed by atoms with Crippen molar-refractivity contribution in [3.63, 3.8) is 0 Å². The van der Waals surface area contributed by atoms with Crippen molar-refractivity contribution in [1.29, 1.82) is 0 Å². The standard InChI is InChI=1S/C29H37NO5.C2H6O.C2H6/c1-7-20-14-24-22(12-19-8-9-26(32-4)28(13-19)34-6)18(2)23(25(24)15-27(20)33-5)16-29(31)35-21-10-11-30(3)17-21;1-3-2;1-2/h8,12-15,21,26H,7,9-11,16-17H2,1-6H3;1-2H3;1-2H3/b22-12-;;. The Balaban J connectivity index is 0.00000105. The van der Waals surface area contributed by atoms with E-state index in [1.165, 1.54) is 0 Å². The monoisotopic (exact) mass is 555 g/mol. The first-order chi connectivity index (χ1) is 19.3. The number of rotatable bonds is 8. The van der Waals surface area contributed by atoms with Gasteiger partial charge in [0.15, 0.2) is 0 Å². The highest BCUT2D eigenvalue weighted by atomic mass is 16.5. The average Bonchev–Trinajstić information content (AvgIpc) is 3.48. The van der Waals surface area contributed by atoms with Gasteiger partial charge in [-0.3, -0.25) is 4.79 Å². The summed E-state index contributed by atoms with van der Waals surface area (Å²) in [5.74, 6) is 1.49. The van der Waals surface area contributed by atoms with Crippen LogP contribution >= 0.6 is 0 Å². The maximum atomic E-state index is 13.0. The van der Waals surface area contributed by atoms with Gasteiger partial charge in [-0.25, -0.2) is 0 Å². The van der Waals surface area contributed by atoms with E-state index < -0.39 is 0 Å². The van der Waals surface area contributed by atoms with Crippen LogP contribution in [0.25, 0.3) is 11.1 Å². The molecule has 2 aliphatic carbocycles. The quantitative estimate of drug-likeness (QED) is 0.352. The Kier molecular flexibility index (Phi) is 13.7. The molecule has 7 nitrogen and oxygen atoms in total. The molecular weight excluding hydrogens is 506 g/mol. The summed E-state index contributed by atoms with van der Waals surface area (Å²) < 4.78 is 26.9. The second-order valence-electron chi connectivity index (χ2n) is 9.89. The maximum absolute atomic E-state index is 13.0. The Morgan fingerprint density at radius 2 is 1.77 bits per heavy atom. The molecule has 0 N–H and O–H groups in total. The third-order valence-electron chi connectivity index (χ3n) is 7.27. The summed E-state index contributed by atoms with van der Waals surface area (Å²) in [6.07, 6.45) is 9.05.